The predicted molar refractivity (Wildman–Crippen MR) is 98.3 cm³/mol. The monoisotopic (exact) mass is 318 g/mol. The van der Waals surface area contributed by atoms with Gasteiger partial charge in [0.1, 0.15) is 5.82 Å². The summed E-state index contributed by atoms with van der Waals surface area (Å²) in [7, 11) is 0. The molecule has 0 amide bonds. The predicted octanol–water partition coefficient (Wildman–Crippen LogP) is 7.63. The van der Waals surface area contributed by atoms with E-state index in [9.17, 15) is 4.39 Å². The first kappa shape index (κ1) is 18.5. The molecule has 1 fully saturated rings. The third-order valence-electron chi connectivity index (χ3n) is 5.65. The van der Waals surface area contributed by atoms with Crippen LogP contribution in [0.5, 0.6) is 0 Å². The van der Waals surface area contributed by atoms with Crippen molar-refractivity contribution in [2.75, 3.05) is 0 Å². The summed E-state index contributed by atoms with van der Waals surface area (Å²) in [5.41, 5.74) is 1.34. The maximum Gasteiger partial charge on any atom is 0.123 e. The van der Waals surface area contributed by atoms with E-state index in [1.807, 2.05) is 12.1 Å². The number of hydrogen-bond donors (Lipinski definition) is 0. The van der Waals surface area contributed by atoms with Crippen LogP contribution in [0.2, 0.25) is 0 Å². The Labute approximate surface area is 142 Å². The van der Waals surface area contributed by atoms with Gasteiger partial charge in [-0.25, -0.2) is 4.39 Å². The van der Waals surface area contributed by atoms with Crippen molar-refractivity contribution in [2.24, 2.45) is 5.92 Å². The standard InChI is InChI=1S/C22H35F/c1-2-3-4-5-6-7-8-9-10-19-11-13-20(14-12-19)21-15-17-22(23)18-16-21/h15-20H,2-14H2,1H3. The van der Waals surface area contributed by atoms with E-state index in [1.54, 1.807) is 12.1 Å². The van der Waals surface area contributed by atoms with Crippen LogP contribution in [-0.4, -0.2) is 0 Å². The smallest absolute Gasteiger partial charge is 0.123 e. The van der Waals surface area contributed by atoms with Crippen molar-refractivity contribution in [3.63, 3.8) is 0 Å². The van der Waals surface area contributed by atoms with Crippen molar-refractivity contribution < 1.29 is 4.39 Å². The van der Waals surface area contributed by atoms with Crippen molar-refractivity contribution >= 4 is 0 Å². The van der Waals surface area contributed by atoms with E-state index in [0.29, 0.717) is 5.92 Å². The highest BCUT2D eigenvalue weighted by Crippen LogP contribution is 2.37. The van der Waals surface area contributed by atoms with Crippen LogP contribution in [0.25, 0.3) is 0 Å². The Morgan fingerprint density at radius 2 is 1.35 bits per heavy atom. The zero-order valence-corrected chi connectivity index (χ0v) is 15.0. The molecule has 23 heavy (non-hydrogen) atoms. The second kappa shape index (κ2) is 10.8. The lowest BCUT2D eigenvalue weighted by molar-refractivity contribution is 0.301. The average Bonchev–Trinajstić information content (AvgIpc) is 2.59. The molecular weight excluding hydrogens is 283 g/mol. The molecule has 1 heteroatoms. The van der Waals surface area contributed by atoms with Crippen LogP contribution in [0.3, 0.4) is 0 Å². The SMILES string of the molecule is CCCCCCCCCCC1CCC(c2ccc(F)cc2)CC1. The van der Waals surface area contributed by atoms with Gasteiger partial charge >= 0.3 is 0 Å². The number of unbranched alkanes of at least 4 members (excludes halogenated alkanes) is 7. The molecule has 0 nitrogen and oxygen atoms in total. The normalized spacial score (nSPS) is 21.5. The van der Waals surface area contributed by atoms with Gasteiger partial charge in [-0.1, -0.05) is 76.8 Å². The minimum Gasteiger partial charge on any atom is -0.207 e. The van der Waals surface area contributed by atoms with Gasteiger partial charge in [0.2, 0.25) is 0 Å². The first-order valence-electron chi connectivity index (χ1n) is 10.0. The lowest BCUT2D eigenvalue weighted by Gasteiger charge is -2.28. The molecule has 1 aromatic rings. The van der Waals surface area contributed by atoms with Gasteiger partial charge in [-0.3, -0.25) is 0 Å². The lowest BCUT2D eigenvalue weighted by atomic mass is 9.77. The van der Waals surface area contributed by atoms with Crippen molar-refractivity contribution in [3.05, 3.63) is 35.6 Å². The largest absolute Gasteiger partial charge is 0.207 e. The van der Waals surface area contributed by atoms with Gasteiger partial charge in [0.25, 0.3) is 0 Å². The van der Waals surface area contributed by atoms with Crippen LogP contribution in [0.15, 0.2) is 24.3 Å². The fourth-order valence-corrected chi connectivity index (χ4v) is 4.09. The molecule has 0 unspecified atom stereocenters. The zero-order valence-electron chi connectivity index (χ0n) is 15.0. The minimum absolute atomic E-state index is 0.114. The van der Waals surface area contributed by atoms with Gasteiger partial charge in [0.15, 0.2) is 0 Å². The number of benzene rings is 1. The molecule has 0 saturated heterocycles. The molecule has 2 rings (SSSR count). The quantitative estimate of drug-likeness (QED) is 0.389. The molecule has 130 valence electrons. The molecule has 0 radical (unpaired) electrons. The summed E-state index contributed by atoms with van der Waals surface area (Å²) in [6.45, 7) is 2.28. The number of rotatable bonds is 10. The molecule has 0 aliphatic heterocycles. The van der Waals surface area contributed by atoms with Crippen molar-refractivity contribution in [1.82, 2.24) is 0 Å². The second-order valence-electron chi connectivity index (χ2n) is 7.53. The average molecular weight is 319 g/mol. The fourth-order valence-electron chi connectivity index (χ4n) is 4.09. The van der Waals surface area contributed by atoms with Crippen molar-refractivity contribution in [3.8, 4) is 0 Å². The van der Waals surface area contributed by atoms with E-state index >= 15 is 0 Å². The van der Waals surface area contributed by atoms with Gasteiger partial charge < -0.3 is 0 Å². The first-order chi connectivity index (χ1) is 11.3. The highest BCUT2D eigenvalue weighted by molar-refractivity contribution is 5.20. The molecule has 0 aromatic heterocycles. The molecule has 0 spiro atoms. The van der Waals surface area contributed by atoms with Crippen LogP contribution in [0.4, 0.5) is 4.39 Å². The highest BCUT2D eigenvalue weighted by Gasteiger charge is 2.21. The summed E-state index contributed by atoms with van der Waals surface area (Å²) >= 11 is 0. The molecule has 1 aromatic carbocycles. The molecular formula is C22H35F. The number of hydrogen-bond acceptors (Lipinski definition) is 0. The molecule has 1 saturated carbocycles. The van der Waals surface area contributed by atoms with Crippen molar-refractivity contribution in [2.45, 2.75) is 96.3 Å². The van der Waals surface area contributed by atoms with Gasteiger partial charge in [0, 0.05) is 0 Å². The third-order valence-corrected chi connectivity index (χ3v) is 5.65. The molecule has 1 aliphatic rings. The third kappa shape index (κ3) is 7.06. The molecule has 0 heterocycles. The Kier molecular flexibility index (Phi) is 8.71. The van der Waals surface area contributed by atoms with Crippen LogP contribution in [0.1, 0.15) is 102 Å². The van der Waals surface area contributed by atoms with Gasteiger partial charge in [-0.15, -0.1) is 0 Å². The van der Waals surface area contributed by atoms with Gasteiger partial charge in [-0.05, 0) is 55.2 Å². The van der Waals surface area contributed by atoms with Crippen LogP contribution in [0, 0.1) is 11.7 Å². The van der Waals surface area contributed by atoms with Crippen LogP contribution in [-0.2, 0) is 0 Å². The summed E-state index contributed by atoms with van der Waals surface area (Å²) in [5.74, 6) is 1.51. The van der Waals surface area contributed by atoms with E-state index in [1.165, 1.54) is 89.0 Å². The van der Waals surface area contributed by atoms with E-state index in [4.69, 9.17) is 0 Å². The molecule has 0 atom stereocenters. The summed E-state index contributed by atoms with van der Waals surface area (Å²) in [6.07, 6.45) is 18.2. The Hall–Kier alpha value is -0.850. The van der Waals surface area contributed by atoms with Gasteiger partial charge in [-0.2, -0.15) is 0 Å². The van der Waals surface area contributed by atoms with Gasteiger partial charge in [0.05, 0.1) is 0 Å². The Balaban J connectivity index is 1.52. The topological polar surface area (TPSA) is 0 Å². The number of halogens is 1. The molecule has 0 bridgehead atoms. The summed E-state index contributed by atoms with van der Waals surface area (Å²) in [6, 6.07) is 7.20. The Bertz CT molecular complexity index is 400. The molecule has 0 N–H and O–H groups in total. The summed E-state index contributed by atoms with van der Waals surface area (Å²) in [4.78, 5) is 0. The first-order valence-corrected chi connectivity index (χ1v) is 10.0. The summed E-state index contributed by atoms with van der Waals surface area (Å²) < 4.78 is 13.0. The van der Waals surface area contributed by atoms with E-state index in [2.05, 4.69) is 6.92 Å². The van der Waals surface area contributed by atoms with Crippen LogP contribution < -0.4 is 0 Å². The van der Waals surface area contributed by atoms with E-state index in [-0.39, 0.29) is 5.82 Å². The minimum atomic E-state index is -0.114. The highest BCUT2D eigenvalue weighted by atomic mass is 19.1. The van der Waals surface area contributed by atoms with Crippen molar-refractivity contribution in [1.29, 1.82) is 0 Å². The maximum atomic E-state index is 13.0. The summed E-state index contributed by atoms with van der Waals surface area (Å²) in [5, 5.41) is 0. The zero-order chi connectivity index (χ0) is 16.3. The maximum absolute atomic E-state index is 13.0. The molecule has 1 aliphatic carbocycles. The lowest BCUT2D eigenvalue weighted by Crippen LogP contribution is -2.13. The fraction of sp³-hybridized carbons (Fsp3) is 0.727. The Morgan fingerprint density at radius 3 is 1.96 bits per heavy atom. The Morgan fingerprint density at radius 1 is 0.783 bits per heavy atom. The van der Waals surface area contributed by atoms with E-state index < -0.39 is 0 Å². The van der Waals surface area contributed by atoms with Crippen LogP contribution >= 0.6 is 0 Å². The van der Waals surface area contributed by atoms with E-state index in [0.717, 1.165) is 5.92 Å². The second-order valence-corrected chi connectivity index (χ2v) is 7.53.